The van der Waals surface area contributed by atoms with Crippen LogP contribution in [0.5, 0.6) is 0 Å². The highest BCUT2D eigenvalue weighted by Crippen LogP contribution is 2.55. The molecular formula is C25H35N3O3. The minimum absolute atomic E-state index is 0.00644. The number of benzene rings is 1. The quantitative estimate of drug-likeness (QED) is 0.709. The number of nitrogens with zero attached hydrogens (tertiary/aromatic N) is 2. The number of amides is 1. The number of piperazine rings is 1. The molecule has 0 spiro atoms. The van der Waals surface area contributed by atoms with Crippen molar-refractivity contribution in [2.24, 2.45) is 23.7 Å². The van der Waals surface area contributed by atoms with Crippen LogP contribution in [0.1, 0.15) is 49.4 Å². The SMILES string of the molecule is CCOC(=O)c1ccc(NC(=O)CN2CCN(C3C4CC5CC(C4)CC3C5)CC2)cc1. The van der Waals surface area contributed by atoms with Gasteiger partial charge in [-0.05, 0) is 87.0 Å². The van der Waals surface area contributed by atoms with E-state index >= 15 is 0 Å². The number of carbonyl (C=O) groups is 2. The summed E-state index contributed by atoms with van der Waals surface area (Å²) in [5.74, 6) is 3.59. The summed E-state index contributed by atoms with van der Waals surface area (Å²) < 4.78 is 5.00. The summed E-state index contributed by atoms with van der Waals surface area (Å²) in [6.07, 6.45) is 7.38. The molecule has 1 aromatic carbocycles. The van der Waals surface area contributed by atoms with Crippen LogP contribution >= 0.6 is 0 Å². The van der Waals surface area contributed by atoms with Gasteiger partial charge in [-0.2, -0.15) is 0 Å². The summed E-state index contributed by atoms with van der Waals surface area (Å²) >= 11 is 0. The largest absolute Gasteiger partial charge is 0.462 e. The van der Waals surface area contributed by atoms with Crippen LogP contribution < -0.4 is 5.32 Å². The Bertz CT molecular complexity index is 773. The highest BCUT2D eigenvalue weighted by atomic mass is 16.5. The lowest BCUT2D eigenvalue weighted by Crippen LogP contribution is -2.60. The minimum atomic E-state index is -0.336. The van der Waals surface area contributed by atoms with Crippen molar-refractivity contribution in [3.63, 3.8) is 0 Å². The van der Waals surface area contributed by atoms with Crippen molar-refractivity contribution in [2.45, 2.75) is 45.1 Å². The molecular weight excluding hydrogens is 390 g/mol. The van der Waals surface area contributed by atoms with Gasteiger partial charge in [0.1, 0.15) is 0 Å². The Kier molecular flexibility index (Phi) is 6.02. The van der Waals surface area contributed by atoms with Gasteiger partial charge >= 0.3 is 5.97 Å². The van der Waals surface area contributed by atoms with E-state index in [1.54, 1.807) is 31.2 Å². The second-order valence-corrected chi connectivity index (χ2v) is 10.1. The van der Waals surface area contributed by atoms with Gasteiger partial charge in [-0.25, -0.2) is 4.79 Å². The topological polar surface area (TPSA) is 61.9 Å². The number of hydrogen-bond donors (Lipinski definition) is 1. The number of ether oxygens (including phenoxy) is 1. The summed E-state index contributed by atoms with van der Waals surface area (Å²) in [5, 5.41) is 2.96. The van der Waals surface area contributed by atoms with Crippen molar-refractivity contribution in [1.82, 2.24) is 9.80 Å². The molecule has 6 heteroatoms. The number of carbonyl (C=O) groups excluding carboxylic acids is 2. The first kappa shape index (κ1) is 21.0. The summed E-state index contributed by atoms with van der Waals surface area (Å²) in [7, 11) is 0. The molecule has 0 atom stereocenters. The molecule has 0 unspecified atom stereocenters. The van der Waals surface area contributed by atoms with Crippen LogP contribution in [0.2, 0.25) is 0 Å². The van der Waals surface area contributed by atoms with Crippen molar-refractivity contribution in [3.8, 4) is 0 Å². The monoisotopic (exact) mass is 425 g/mol. The first-order valence-corrected chi connectivity index (χ1v) is 12.1. The second-order valence-electron chi connectivity index (χ2n) is 10.1. The number of nitrogens with one attached hydrogen (secondary N) is 1. The maximum absolute atomic E-state index is 12.5. The van der Waals surface area contributed by atoms with Crippen LogP contribution in [0.25, 0.3) is 0 Å². The predicted molar refractivity (Wildman–Crippen MR) is 120 cm³/mol. The highest BCUT2D eigenvalue weighted by molar-refractivity contribution is 5.94. The first-order valence-electron chi connectivity index (χ1n) is 12.1. The zero-order chi connectivity index (χ0) is 21.4. The molecule has 1 saturated heterocycles. The van der Waals surface area contributed by atoms with Gasteiger partial charge in [-0.1, -0.05) is 0 Å². The van der Waals surface area contributed by atoms with Gasteiger partial charge in [0, 0.05) is 37.9 Å². The second kappa shape index (κ2) is 8.91. The number of anilines is 1. The molecule has 5 aliphatic rings. The third kappa shape index (κ3) is 4.51. The standard InChI is InChI=1S/C25H35N3O3/c1-2-31-25(30)19-3-5-22(6-4-19)26-23(29)16-27-7-9-28(10-8-27)24-20-12-17-11-18(14-20)15-21(24)13-17/h3-6,17-18,20-21,24H,2,7-16H2,1H3,(H,26,29). The molecule has 4 aliphatic carbocycles. The zero-order valence-corrected chi connectivity index (χ0v) is 18.6. The molecule has 6 nitrogen and oxygen atoms in total. The Morgan fingerprint density at radius 1 is 0.935 bits per heavy atom. The van der Waals surface area contributed by atoms with E-state index in [9.17, 15) is 9.59 Å². The minimum Gasteiger partial charge on any atom is -0.462 e. The van der Waals surface area contributed by atoms with E-state index in [0.29, 0.717) is 24.4 Å². The Morgan fingerprint density at radius 3 is 2.13 bits per heavy atom. The summed E-state index contributed by atoms with van der Waals surface area (Å²) in [6, 6.07) is 7.71. The molecule has 5 fully saturated rings. The smallest absolute Gasteiger partial charge is 0.338 e. The summed E-state index contributed by atoms with van der Waals surface area (Å²) in [6.45, 7) is 6.69. The van der Waals surface area contributed by atoms with E-state index in [1.807, 2.05) is 0 Å². The van der Waals surface area contributed by atoms with Crippen LogP contribution in [-0.2, 0) is 9.53 Å². The fourth-order valence-electron chi connectivity index (χ4n) is 7.02. The van der Waals surface area contributed by atoms with Crippen LogP contribution in [-0.4, -0.2) is 67.0 Å². The van der Waals surface area contributed by atoms with Gasteiger partial charge in [0.15, 0.2) is 0 Å². The maximum Gasteiger partial charge on any atom is 0.338 e. The van der Waals surface area contributed by atoms with E-state index in [0.717, 1.165) is 55.9 Å². The van der Waals surface area contributed by atoms with Crippen molar-refractivity contribution in [3.05, 3.63) is 29.8 Å². The molecule has 1 heterocycles. The van der Waals surface area contributed by atoms with Crippen LogP contribution in [0.15, 0.2) is 24.3 Å². The fraction of sp³-hybridized carbons (Fsp3) is 0.680. The van der Waals surface area contributed by atoms with Crippen molar-refractivity contribution >= 4 is 17.6 Å². The third-order valence-corrected chi connectivity index (χ3v) is 8.05. The predicted octanol–water partition coefficient (Wildman–Crippen LogP) is 3.24. The van der Waals surface area contributed by atoms with Gasteiger partial charge in [0.05, 0.1) is 18.7 Å². The molecule has 1 aromatic rings. The maximum atomic E-state index is 12.5. The molecule has 1 amide bonds. The lowest BCUT2D eigenvalue weighted by molar-refractivity contribution is -0.118. The molecule has 0 aromatic heterocycles. The van der Waals surface area contributed by atoms with E-state index < -0.39 is 0 Å². The molecule has 1 N–H and O–H groups in total. The van der Waals surface area contributed by atoms with Crippen LogP contribution in [0.4, 0.5) is 5.69 Å². The average molecular weight is 426 g/mol. The van der Waals surface area contributed by atoms with E-state index in [2.05, 4.69) is 15.1 Å². The molecule has 1 aliphatic heterocycles. The molecule has 4 bridgehead atoms. The molecule has 6 rings (SSSR count). The fourth-order valence-corrected chi connectivity index (χ4v) is 7.02. The van der Waals surface area contributed by atoms with Crippen molar-refractivity contribution in [1.29, 1.82) is 0 Å². The van der Waals surface area contributed by atoms with E-state index in [4.69, 9.17) is 4.74 Å². The van der Waals surface area contributed by atoms with E-state index in [1.165, 1.54) is 32.1 Å². The van der Waals surface area contributed by atoms with Crippen molar-refractivity contribution in [2.75, 3.05) is 44.6 Å². The Labute approximate surface area is 185 Å². The number of rotatable bonds is 6. The lowest BCUT2D eigenvalue weighted by Gasteiger charge is -2.58. The number of hydrogen-bond acceptors (Lipinski definition) is 5. The molecule has 4 saturated carbocycles. The molecule has 31 heavy (non-hydrogen) atoms. The average Bonchev–Trinajstić information content (AvgIpc) is 2.75. The van der Waals surface area contributed by atoms with Gasteiger partial charge in [0.2, 0.25) is 5.91 Å². The van der Waals surface area contributed by atoms with Gasteiger partial charge < -0.3 is 10.1 Å². The Hall–Kier alpha value is -1.92. The van der Waals surface area contributed by atoms with Gasteiger partial charge in [-0.15, -0.1) is 0 Å². The lowest BCUT2D eigenvalue weighted by atomic mass is 9.54. The first-order chi connectivity index (χ1) is 15.1. The van der Waals surface area contributed by atoms with Crippen LogP contribution in [0, 0.1) is 23.7 Å². The molecule has 0 radical (unpaired) electrons. The van der Waals surface area contributed by atoms with Crippen molar-refractivity contribution < 1.29 is 14.3 Å². The third-order valence-electron chi connectivity index (χ3n) is 8.05. The van der Waals surface area contributed by atoms with Gasteiger partial charge in [-0.3, -0.25) is 14.6 Å². The Balaban J connectivity index is 1.08. The summed E-state index contributed by atoms with van der Waals surface area (Å²) in [5.41, 5.74) is 1.21. The zero-order valence-electron chi connectivity index (χ0n) is 18.6. The molecule has 168 valence electrons. The van der Waals surface area contributed by atoms with E-state index in [-0.39, 0.29) is 11.9 Å². The number of esters is 1. The van der Waals surface area contributed by atoms with Crippen LogP contribution in [0.3, 0.4) is 0 Å². The normalized spacial score (nSPS) is 32.7. The Morgan fingerprint density at radius 2 is 1.55 bits per heavy atom. The summed E-state index contributed by atoms with van der Waals surface area (Å²) in [4.78, 5) is 29.3. The van der Waals surface area contributed by atoms with Gasteiger partial charge in [0.25, 0.3) is 0 Å². The highest BCUT2D eigenvalue weighted by Gasteiger charge is 2.50.